The molecule has 21 heavy (non-hydrogen) atoms. The van der Waals surface area contributed by atoms with E-state index in [1.54, 1.807) is 13.0 Å². The SMILES string of the molecule is CCOC(=O)/C([N+]#N)=C(\O)CC(O)/C=C/c1ccccc1. The van der Waals surface area contributed by atoms with Gasteiger partial charge in [0.1, 0.15) is 0 Å². The second-order valence-corrected chi connectivity index (χ2v) is 4.16. The van der Waals surface area contributed by atoms with Crippen molar-refractivity contribution in [3.05, 3.63) is 58.4 Å². The minimum atomic E-state index is -1.03. The van der Waals surface area contributed by atoms with Gasteiger partial charge >= 0.3 is 11.7 Å². The van der Waals surface area contributed by atoms with Gasteiger partial charge < -0.3 is 14.9 Å². The number of esters is 1. The third kappa shape index (κ3) is 5.47. The molecule has 0 radical (unpaired) electrons. The van der Waals surface area contributed by atoms with Crippen LogP contribution in [0.3, 0.4) is 0 Å². The molecule has 0 fully saturated rings. The molecule has 0 bridgehead atoms. The molecule has 0 aliphatic heterocycles. The summed E-state index contributed by atoms with van der Waals surface area (Å²) in [6.07, 6.45) is 1.85. The summed E-state index contributed by atoms with van der Waals surface area (Å²) in [5.74, 6) is -1.49. The molecule has 0 heterocycles. The molecule has 1 unspecified atom stereocenters. The number of ether oxygens (including phenoxy) is 1. The number of hydrogen-bond acceptors (Lipinski definition) is 5. The van der Waals surface area contributed by atoms with Crippen LogP contribution >= 0.6 is 0 Å². The van der Waals surface area contributed by atoms with Gasteiger partial charge in [0.15, 0.2) is 10.7 Å². The highest BCUT2D eigenvalue weighted by atomic mass is 16.5. The summed E-state index contributed by atoms with van der Waals surface area (Å²) in [6, 6.07) is 9.29. The number of hydrogen-bond donors (Lipinski definition) is 2. The van der Waals surface area contributed by atoms with Crippen molar-refractivity contribution in [1.82, 2.24) is 0 Å². The number of benzene rings is 1. The summed E-state index contributed by atoms with van der Waals surface area (Å²) in [7, 11) is 0. The Morgan fingerprint density at radius 3 is 2.67 bits per heavy atom. The third-order valence-electron chi connectivity index (χ3n) is 2.56. The lowest BCUT2D eigenvalue weighted by molar-refractivity contribution is -0.138. The normalized spacial score (nSPS) is 13.4. The molecule has 2 N–H and O–H groups in total. The minimum absolute atomic E-state index is 0.0849. The van der Waals surface area contributed by atoms with Gasteiger partial charge in [0.25, 0.3) is 0 Å². The van der Waals surface area contributed by atoms with Gasteiger partial charge in [-0.2, -0.15) is 0 Å². The number of nitrogens with zero attached hydrogens (tertiary/aromatic N) is 2. The van der Waals surface area contributed by atoms with Crippen molar-refractivity contribution in [1.29, 1.82) is 5.39 Å². The largest absolute Gasteiger partial charge is 0.505 e. The molecule has 0 aliphatic rings. The van der Waals surface area contributed by atoms with E-state index in [-0.39, 0.29) is 13.0 Å². The van der Waals surface area contributed by atoms with E-state index in [4.69, 9.17) is 5.39 Å². The van der Waals surface area contributed by atoms with Crippen LogP contribution in [0.4, 0.5) is 0 Å². The summed E-state index contributed by atoms with van der Waals surface area (Å²) in [4.78, 5) is 14.1. The van der Waals surface area contributed by atoms with Gasteiger partial charge in [-0.05, 0) is 12.5 Å². The lowest BCUT2D eigenvalue weighted by Crippen LogP contribution is -2.11. The van der Waals surface area contributed by atoms with Gasteiger partial charge in [-0.15, -0.1) is 0 Å². The maximum Gasteiger partial charge on any atom is 0.505 e. The topological polar surface area (TPSA) is 94.9 Å². The van der Waals surface area contributed by atoms with Crippen molar-refractivity contribution in [2.75, 3.05) is 6.61 Å². The van der Waals surface area contributed by atoms with Crippen molar-refractivity contribution in [3.63, 3.8) is 0 Å². The summed E-state index contributed by atoms with van der Waals surface area (Å²) in [5.41, 5.74) is 0.279. The van der Waals surface area contributed by atoms with Gasteiger partial charge in [0.05, 0.1) is 12.7 Å². The van der Waals surface area contributed by atoms with Crippen LogP contribution < -0.4 is 0 Å². The highest BCUT2D eigenvalue weighted by Gasteiger charge is 2.31. The number of diazo groups is 1. The zero-order valence-corrected chi connectivity index (χ0v) is 11.6. The fraction of sp³-hybridized carbons (Fsp3) is 0.267. The summed E-state index contributed by atoms with van der Waals surface area (Å²) >= 11 is 0. The molecule has 1 atom stereocenters. The van der Waals surface area contributed by atoms with E-state index in [2.05, 4.69) is 9.71 Å². The van der Waals surface area contributed by atoms with E-state index in [9.17, 15) is 15.0 Å². The average molecular weight is 289 g/mol. The van der Waals surface area contributed by atoms with Crippen molar-refractivity contribution >= 4 is 12.0 Å². The van der Waals surface area contributed by atoms with Gasteiger partial charge in [-0.3, -0.25) is 0 Å². The highest BCUT2D eigenvalue weighted by Crippen LogP contribution is 2.13. The summed E-state index contributed by atoms with van der Waals surface area (Å²) in [6.45, 7) is 1.67. The van der Waals surface area contributed by atoms with Crippen LogP contribution in [0.5, 0.6) is 0 Å². The van der Waals surface area contributed by atoms with Crippen LogP contribution in [0.1, 0.15) is 18.9 Å². The van der Waals surface area contributed by atoms with E-state index in [1.807, 2.05) is 30.3 Å². The van der Waals surface area contributed by atoms with Crippen molar-refractivity contribution in [2.24, 2.45) is 0 Å². The predicted molar refractivity (Wildman–Crippen MR) is 77.5 cm³/mol. The van der Waals surface area contributed by atoms with Crippen LogP contribution in [0, 0.1) is 5.39 Å². The van der Waals surface area contributed by atoms with Crippen LogP contribution in [0.2, 0.25) is 0 Å². The smallest absolute Gasteiger partial charge is 0.505 e. The number of carbonyl (C=O) groups excluding carboxylic acids is 1. The molecule has 0 spiro atoms. The Morgan fingerprint density at radius 1 is 1.43 bits per heavy atom. The van der Waals surface area contributed by atoms with Crippen molar-refractivity contribution in [3.8, 4) is 0 Å². The first-order valence-corrected chi connectivity index (χ1v) is 6.44. The minimum Gasteiger partial charge on any atom is -0.505 e. The van der Waals surface area contributed by atoms with E-state index in [0.29, 0.717) is 0 Å². The summed E-state index contributed by atoms with van der Waals surface area (Å²) < 4.78 is 4.62. The summed E-state index contributed by atoms with van der Waals surface area (Å²) in [5, 5.41) is 28.2. The van der Waals surface area contributed by atoms with Crippen LogP contribution in [0.25, 0.3) is 11.1 Å². The third-order valence-corrected chi connectivity index (χ3v) is 2.56. The van der Waals surface area contributed by atoms with Crippen LogP contribution in [0.15, 0.2) is 47.9 Å². The van der Waals surface area contributed by atoms with E-state index in [0.717, 1.165) is 5.56 Å². The van der Waals surface area contributed by atoms with Gasteiger partial charge in [0, 0.05) is 6.42 Å². The Balaban J connectivity index is 2.72. The molecule has 0 amide bonds. The maximum atomic E-state index is 11.4. The molecule has 0 saturated carbocycles. The molecule has 6 heteroatoms. The van der Waals surface area contributed by atoms with E-state index < -0.39 is 23.5 Å². The number of carbonyl (C=O) groups is 1. The second kappa shape index (κ2) is 8.51. The Labute approximate surface area is 122 Å². The maximum absolute atomic E-state index is 11.4. The molecule has 1 aromatic carbocycles. The molecule has 110 valence electrons. The van der Waals surface area contributed by atoms with Gasteiger partial charge in [-0.1, -0.05) is 42.5 Å². The Kier molecular flexibility index (Phi) is 6.65. The highest BCUT2D eigenvalue weighted by molar-refractivity contribution is 5.90. The zero-order chi connectivity index (χ0) is 15.7. The lowest BCUT2D eigenvalue weighted by atomic mass is 10.1. The van der Waals surface area contributed by atoms with Crippen molar-refractivity contribution < 1.29 is 19.7 Å². The fourth-order valence-corrected chi connectivity index (χ4v) is 1.56. The van der Waals surface area contributed by atoms with E-state index in [1.165, 1.54) is 6.08 Å². The molecule has 6 nitrogen and oxygen atoms in total. The molecule has 0 aromatic heterocycles. The molecule has 0 aliphatic carbocycles. The quantitative estimate of drug-likeness (QED) is 0.363. The van der Waals surface area contributed by atoms with Crippen molar-refractivity contribution in [2.45, 2.75) is 19.4 Å². The Hall–Kier alpha value is -2.65. The Bertz CT molecular complexity index is 573. The molecule has 1 rings (SSSR count). The molecular formula is C15H17N2O4+. The first-order chi connectivity index (χ1) is 10.1. The number of aliphatic hydroxyl groups excluding tert-OH is 2. The van der Waals surface area contributed by atoms with E-state index >= 15 is 0 Å². The first-order valence-electron chi connectivity index (χ1n) is 6.44. The second-order valence-electron chi connectivity index (χ2n) is 4.16. The fourth-order valence-electron chi connectivity index (χ4n) is 1.56. The Morgan fingerprint density at radius 2 is 2.10 bits per heavy atom. The first kappa shape index (κ1) is 16.4. The average Bonchev–Trinajstić information content (AvgIpc) is 2.47. The molecule has 1 aromatic rings. The molecule has 0 saturated heterocycles. The van der Waals surface area contributed by atoms with Gasteiger partial charge in [0.2, 0.25) is 5.39 Å². The monoisotopic (exact) mass is 289 g/mol. The zero-order valence-electron chi connectivity index (χ0n) is 11.6. The predicted octanol–water partition coefficient (Wildman–Crippen LogP) is 2.64. The number of rotatable bonds is 6. The number of aliphatic hydroxyl groups is 2. The van der Waals surface area contributed by atoms with Crippen LogP contribution in [-0.4, -0.2) is 28.9 Å². The van der Waals surface area contributed by atoms with Crippen LogP contribution in [-0.2, 0) is 9.53 Å². The standard InChI is InChI=1S/C15H16N2O4/c1-2-21-15(20)14(17-16)13(19)10-12(18)9-8-11-6-4-3-5-7-11/h3-9,12,18H,2,10H2,1H3/p+1/b9-8+. The molecular weight excluding hydrogens is 272 g/mol. The van der Waals surface area contributed by atoms with Gasteiger partial charge in [-0.25, -0.2) is 4.79 Å². The lowest BCUT2D eigenvalue weighted by Gasteiger charge is -2.03.